The number of hydrogen-bond donors (Lipinski definition) is 0. The van der Waals surface area contributed by atoms with Gasteiger partial charge < -0.3 is 0 Å². The molecule has 2 aromatic carbocycles. The summed E-state index contributed by atoms with van der Waals surface area (Å²) in [6.45, 7) is 2.10. The molecule has 0 saturated carbocycles. The van der Waals surface area contributed by atoms with Gasteiger partial charge in [0.2, 0.25) is 0 Å². The van der Waals surface area contributed by atoms with Gasteiger partial charge in [-0.05, 0) is 51.3 Å². The van der Waals surface area contributed by atoms with Crippen LogP contribution in [0.4, 0.5) is 0 Å². The summed E-state index contributed by atoms with van der Waals surface area (Å²) < 4.78 is 2.30. The summed E-state index contributed by atoms with van der Waals surface area (Å²) in [7, 11) is 0. The maximum atomic E-state index is 3.59. The maximum Gasteiger partial charge on any atom is 0.0283 e. The lowest BCUT2D eigenvalue weighted by molar-refractivity contribution is 1.47. The van der Waals surface area contributed by atoms with Crippen LogP contribution in [0.1, 0.15) is 5.56 Å². The van der Waals surface area contributed by atoms with E-state index in [9.17, 15) is 0 Å². The van der Waals surface area contributed by atoms with E-state index in [1.807, 2.05) is 0 Å². The summed E-state index contributed by atoms with van der Waals surface area (Å²) in [6.07, 6.45) is 0. The van der Waals surface area contributed by atoms with E-state index < -0.39 is 0 Å². The van der Waals surface area contributed by atoms with Gasteiger partial charge in [0.15, 0.2) is 0 Å². The average Bonchev–Trinajstić information content (AvgIpc) is 2.12. The number of hydrogen-bond acceptors (Lipinski definition) is 0. The quantitative estimate of drug-likeness (QED) is 0.663. The lowest BCUT2D eigenvalue weighted by Crippen LogP contribution is -1.79. The summed E-state index contributed by atoms with van der Waals surface area (Å²) in [4.78, 5) is 0. The van der Waals surface area contributed by atoms with E-state index in [1.54, 1.807) is 0 Å². The first-order valence-corrected chi connectivity index (χ1v) is 5.61. The van der Waals surface area contributed by atoms with Gasteiger partial charge in [0.05, 0.1) is 0 Å². The fraction of sp³-hybridized carbons (Fsp3) is 0.0909. The zero-order valence-electron chi connectivity index (χ0n) is 7.14. The summed E-state index contributed by atoms with van der Waals surface area (Å²) in [6, 6.07) is 10.6. The monoisotopic (exact) mass is 298 g/mol. The highest BCUT2D eigenvalue weighted by molar-refractivity contribution is 9.11. The highest BCUT2D eigenvalue weighted by atomic mass is 79.9. The second kappa shape index (κ2) is 3.43. The lowest BCUT2D eigenvalue weighted by atomic mass is 10.1. The Hall–Kier alpha value is -0.340. The second-order valence-corrected chi connectivity index (χ2v) is 4.77. The van der Waals surface area contributed by atoms with Gasteiger partial charge >= 0.3 is 0 Å². The van der Waals surface area contributed by atoms with Crippen LogP contribution < -0.4 is 0 Å². The van der Waals surface area contributed by atoms with E-state index >= 15 is 0 Å². The second-order valence-electron chi connectivity index (χ2n) is 3.06. The number of aryl methyl sites for hydroxylation is 1. The van der Waals surface area contributed by atoms with Gasteiger partial charge in [0.25, 0.3) is 0 Å². The molecule has 2 rings (SSSR count). The molecule has 0 aliphatic heterocycles. The van der Waals surface area contributed by atoms with Gasteiger partial charge in [-0.3, -0.25) is 0 Å². The molecule has 0 nitrogen and oxygen atoms in total. The van der Waals surface area contributed by atoms with Crippen molar-refractivity contribution < 1.29 is 0 Å². The van der Waals surface area contributed by atoms with Crippen LogP contribution in [-0.2, 0) is 0 Å². The fourth-order valence-electron chi connectivity index (χ4n) is 1.36. The molecule has 0 fully saturated rings. The highest BCUT2D eigenvalue weighted by Crippen LogP contribution is 2.29. The zero-order chi connectivity index (χ0) is 9.42. The van der Waals surface area contributed by atoms with Crippen molar-refractivity contribution in [1.82, 2.24) is 0 Å². The van der Waals surface area contributed by atoms with Crippen molar-refractivity contribution in [2.75, 3.05) is 0 Å². The molecule has 0 bridgehead atoms. The molecule has 2 heteroatoms. The van der Waals surface area contributed by atoms with Crippen molar-refractivity contribution >= 4 is 42.6 Å². The van der Waals surface area contributed by atoms with Gasteiger partial charge in [0, 0.05) is 8.95 Å². The van der Waals surface area contributed by atoms with Crippen molar-refractivity contribution in [3.8, 4) is 0 Å². The third kappa shape index (κ3) is 1.65. The van der Waals surface area contributed by atoms with Crippen LogP contribution in [-0.4, -0.2) is 0 Å². The summed E-state index contributed by atoms with van der Waals surface area (Å²) >= 11 is 7.06. The molecule has 0 aliphatic carbocycles. The van der Waals surface area contributed by atoms with Gasteiger partial charge in [-0.1, -0.05) is 34.1 Å². The Kier molecular flexibility index (Phi) is 2.43. The molecule has 66 valence electrons. The van der Waals surface area contributed by atoms with E-state index in [4.69, 9.17) is 0 Å². The maximum absolute atomic E-state index is 3.59. The molecule has 0 unspecified atom stereocenters. The third-order valence-corrected chi connectivity index (χ3v) is 3.66. The van der Waals surface area contributed by atoms with Crippen LogP contribution >= 0.6 is 31.9 Å². The van der Waals surface area contributed by atoms with Gasteiger partial charge in [-0.2, -0.15) is 0 Å². The Bertz CT molecular complexity index is 456. The number of halogens is 2. The Labute approximate surface area is 94.2 Å². The largest absolute Gasteiger partial charge is 0.0576 e. The Morgan fingerprint density at radius 3 is 2.46 bits per heavy atom. The fourth-order valence-corrected chi connectivity index (χ4v) is 2.20. The van der Waals surface area contributed by atoms with Crippen molar-refractivity contribution in [1.29, 1.82) is 0 Å². The molecule has 0 spiro atoms. The van der Waals surface area contributed by atoms with Crippen molar-refractivity contribution in [3.05, 3.63) is 44.8 Å². The van der Waals surface area contributed by atoms with Crippen molar-refractivity contribution in [2.45, 2.75) is 6.92 Å². The van der Waals surface area contributed by atoms with Crippen molar-refractivity contribution in [2.24, 2.45) is 0 Å². The first kappa shape index (κ1) is 9.22. The predicted molar refractivity (Wildman–Crippen MR) is 64.1 cm³/mol. The zero-order valence-corrected chi connectivity index (χ0v) is 10.3. The van der Waals surface area contributed by atoms with E-state index in [-0.39, 0.29) is 0 Å². The summed E-state index contributed by atoms with van der Waals surface area (Å²) in [5, 5.41) is 2.52. The topological polar surface area (TPSA) is 0 Å². The Balaban J connectivity index is 2.89. The molecule has 0 aromatic heterocycles. The van der Waals surface area contributed by atoms with Gasteiger partial charge in [-0.25, -0.2) is 0 Å². The number of fused-ring (bicyclic) bond motifs is 1. The van der Waals surface area contributed by atoms with E-state index in [2.05, 4.69) is 69.1 Å². The molecular weight excluding hydrogens is 292 g/mol. The van der Waals surface area contributed by atoms with E-state index in [0.717, 1.165) is 4.47 Å². The minimum absolute atomic E-state index is 1.12. The lowest BCUT2D eigenvalue weighted by Gasteiger charge is -2.04. The van der Waals surface area contributed by atoms with Crippen molar-refractivity contribution in [3.63, 3.8) is 0 Å². The standard InChI is InChI=1S/C11H8Br2/c1-7-2-3-8-4-5-9(12)6-10(8)11(7)13/h2-6H,1H3. The Morgan fingerprint density at radius 2 is 1.69 bits per heavy atom. The molecule has 0 atom stereocenters. The molecule has 0 amide bonds. The predicted octanol–water partition coefficient (Wildman–Crippen LogP) is 4.67. The third-order valence-electron chi connectivity index (χ3n) is 2.11. The molecule has 0 radical (unpaired) electrons. The van der Waals surface area contributed by atoms with Crippen LogP contribution in [0.2, 0.25) is 0 Å². The molecule has 2 aromatic rings. The summed E-state index contributed by atoms with van der Waals surface area (Å²) in [5.74, 6) is 0. The van der Waals surface area contributed by atoms with Gasteiger partial charge in [0.1, 0.15) is 0 Å². The van der Waals surface area contributed by atoms with Crippen LogP contribution in [0, 0.1) is 6.92 Å². The molecule has 13 heavy (non-hydrogen) atoms. The van der Waals surface area contributed by atoms with E-state index in [0.29, 0.717) is 0 Å². The minimum Gasteiger partial charge on any atom is -0.0576 e. The molecule has 0 N–H and O–H groups in total. The Morgan fingerprint density at radius 1 is 1.00 bits per heavy atom. The van der Waals surface area contributed by atoms with Gasteiger partial charge in [-0.15, -0.1) is 0 Å². The smallest absolute Gasteiger partial charge is 0.0283 e. The first-order valence-electron chi connectivity index (χ1n) is 4.03. The SMILES string of the molecule is Cc1ccc2ccc(Br)cc2c1Br. The average molecular weight is 300 g/mol. The first-order chi connectivity index (χ1) is 6.18. The number of rotatable bonds is 0. The molecular formula is C11H8Br2. The highest BCUT2D eigenvalue weighted by Gasteiger charge is 2.01. The van der Waals surface area contributed by atoms with Crippen LogP contribution in [0.25, 0.3) is 10.8 Å². The van der Waals surface area contributed by atoms with E-state index in [1.165, 1.54) is 20.8 Å². The van der Waals surface area contributed by atoms with Crippen LogP contribution in [0.15, 0.2) is 39.3 Å². The molecule has 0 aliphatic rings. The molecule has 0 heterocycles. The van der Waals surface area contributed by atoms with Crippen LogP contribution in [0.5, 0.6) is 0 Å². The summed E-state index contributed by atoms with van der Waals surface area (Å²) in [5.41, 5.74) is 1.27. The molecule has 0 saturated heterocycles. The van der Waals surface area contributed by atoms with Crippen LogP contribution in [0.3, 0.4) is 0 Å². The normalized spacial score (nSPS) is 10.7. The minimum atomic E-state index is 1.12. The number of benzene rings is 2.